The fourth-order valence-corrected chi connectivity index (χ4v) is 3.92. The number of aryl methyl sites for hydroxylation is 2. The van der Waals surface area contributed by atoms with Crippen LogP contribution in [0.15, 0.2) is 24.4 Å². The van der Waals surface area contributed by atoms with E-state index in [1.165, 1.54) is 6.07 Å². The highest BCUT2D eigenvalue weighted by atomic mass is 35.5. The lowest BCUT2D eigenvalue weighted by Gasteiger charge is -2.28. The highest BCUT2D eigenvalue weighted by Crippen LogP contribution is 2.21. The molecule has 2 amide bonds. The van der Waals surface area contributed by atoms with Crippen LogP contribution in [0.1, 0.15) is 42.1 Å². The molecule has 3 rings (SSSR count). The first kappa shape index (κ1) is 20.7. The fraction of sp³-hybridized carbons (Fsp3) is 0.450. The van der Waals surface area contributed by atoms with Gasteiger partial charge in [-0.05, 0) is 37.5 Å². The predicted octanol–water partition coefficient (Wildman–Crippen LogP) is 3.38. The SMILES string of the molecule is Cc1cn2c(n1)CCC(NC(=O)C(NC(=O)c1ccc(Cl)cc1Cl)C(C)C)C2. The third-order valence-electron chi connectivity index (χ3n) is 4.87. The van der Waals surface area contributed by atoms with Gasteiger partial charge in [0.15, 0.2) is 0 Å². The zero-order chi connectivity index (χ0) is 20.4. The molecule has 8 heteroatoms. The number of imidazole rings is 1. The summed E-state index contributed by atoms with van der Waals surface area (Å²) in [6.07, 6.45) is 3.64. The van der Waals surface area contributed by atoms with E-state index in [1.54, 1.807) is 12.1 Å². The molecule has 6 nitrogen and oxygen atoms in total. The zero-order valence-corrected chi connectivity index (χ0v) is 17.6. The summed E-state index contributed by atoms with van der Waals surface area (Å²) in [5, 5.41) is 6.59. The van der Waals surface area contributed by atoms with Crippen LogP contribution in [0.5, 0.6) is 0 Å². The molecule has 2 aromatic rings. The Kier molecular flexibility index (Phi) is 6.30. The number of carbonyl (C=O) groups excluding carboxylic acids is 2. The molecule has 28 heavy (non-hydrogen) atoms. The molecule has 2 heterocycles. The van der Waals surface area contributed by atoms with Gasteiger partial charge < -0.3 is 15.2 Å². The minimum Gasteiger partial charge on any atom is -0.350 e. The second-order valence-electron chi connectivity index (χ2n) is 7.51. The van der Waals surface area contributed by atoms with E-state index < -0.39 is 11.9 Å². The number of hydrogen-bond acceptors (Lipinski definition) is 3. The first-order valence-electron chi connectivity index (χ1n) is 9.33. The maximum atomic E-state index is 12.9. The van der Waals surface area contributed by atoms with Crippen molar-refractivity contribution in [3.05, 3.63) is 51.5 Å². The van der Waals surface area contributed by atoms with E-state index in [4.69, 9.17) is 23.2 Å². The first-order valence-corrected chi connectivity index (χ1v) is 10.1. The van der Waals surface area contributed by atoms with E-state index in [1.807, 2.05) is 27.0 Å². The van der Waals surface area contributed by atoms with Crippen molar-refractivity contribution in [2.75, 3.05) is 0 Å². The van der Waals surface area contributed by atoms with Crippen LogP contribution in [-0.2, 0) is 17.8 Å². The lowest BCUT2D eigenvalue weighted by molar-refractivity contribution is -0.124. The third kappa shape index (κ3) is 4.67. The maximum absolute atomic E-state index is 12.9. The van der Waals surface area contributed by atoms with Gasteiger partial charge in [0.1, 0.15) is 11.9 Å². The van der Waals surface area contributed by atoms with Crippen molar-refractivity contribution < 1.29 is 9.59 Å². The van der Waals surface area contributed by atoms with Crippen LogP contribution in [-0.4, -0.2) is 33.4 Å². The van der Waals surface area contributed by atoms with Crippen LogP contribution in [0.3, 0.4) is 0 Å². The van der Waals surface area contributed by atoms with Crippen molar-refractivity contribution in [3.8, 4) is 0 Å². The molecule has 0 aliphatic carbocycles. The van der Waals surface area contributed by atoms with Gasteiger partial charge in [-0.25, -0.2) is 4.98 Å². The summed E-state index contributed by atoms with van der Waals surface area (Å²) in [4.78, 5) is 30.0. The first-order chi connectivity index (χ1) is 13.2. The van der Waals surface area contributed by atoms with Crippen LogP contribution in [0.4, 0.5) is 0 Å². The van der Waals surface area contributed by atoms with Gasteiger partial charge in [-0.2, -0.15) is 0 Å². The lowest BCUT2D eigenvalue weighted by atomic mass is 10.0. The number of amides is 2. The average molecular weight is 423 g/mol. The second-order valence-corrected chi connectivity index (χ2v) is 8.36. The number of fused-ring (bicyclic) bond motifs is 1. The van der Waals surface area contributed by atoms with Gasteiger partial charge in [0, 0.05) is 30.2 Å². The number of nitrogens with zero attached hydrogens (tertiary/aromatic N) is 2. The topological polar surface area (TPSA) is 76.0 Å². The van der Waals surface area contributed by atoms with Gasteiger partial charge in [0.05, 0.1) is 16.3 Å². The fourth-order valence-electron chi connectivity index (χ4n) is 3.42. The highest BCUT2D eigenvalue weighted by molar-refractivity contribution is 6.36. The van der Waals surface area contributed by atoms with Gasteiger partial charge in [-0.1, -0.05) is 37.0 Å². The Morgan fingerprint density at radius 2 is 2.04 bits per heavy atom. The van der Waals surface area contributed by atoms with Crippen LogP contribution >= 0.6 is 23.2 Å². The van der Waals surface area contributed by atoms with Gasteiger partial charge in [0.2, 0.25) is 5.91 Å². The Hall–Kier alpha value is -2.05. The summed E-state index contributed by atoms with van der Waals surface area (Å²) in [6.45, 7) is 6.44. The van der Waals surface area contributed by atoms with Crippen LogP contribution < -0.4 is 10.6 Å². The van der Waals surface area contributed by atoms with E-state index in [-0.39, 0.29) is 22.9 Å². The smallest absolute Gasteiger partial charge is 0.253 e. The minimum atomic E-state index is -0.662. The van der Waals surface area contributed by atoms with Crippen molar-refractivity contribution in [3.63, 3.8) is 0 Å². The molecule has 0 fully saturated rings. The van der Waals surface area contributed by atoms with Crippen molar-refractivity contribution >= 4 is 35.0 Å². The van der Waals surface area contributed by atoms with Crippen molar-refractivity contribution in [2.45, 2.75) is 52.2 Å². The van der Waals surface area contributed by atoms with Gasteiger partial charge in [-0.3, -0.25) is 9.59 Å². The zero-order valence-electron chi connectivity index (χ0n) is 16.1. The van der Waals surface area contributed by atoms with Gasteiger partial charge in [0.25, 0.3) is 5.91 Å². The van der Waals surface area contributed by atoms with Crippen molar-refractivity contribution in [2.24, 2.45) is 5.92 Å². The highest BCUT2D eigenvalue weighted by Gasteiger charge is 2.29. The second kappa shape index (κ2) is 8.53. The Labute approximate surface area is 174 Å². The number of hydrogen-bond donors (Lipinski definition) is 2. The summed E-state index contributed by atoms with van der Waals surface area (Å²) < 4.78 is 2.08. The molecule has 2 atom stereocenters. The molecule has 0 radical (unpaired) electrons. The van der Waals surface area contributed by atoms with E-state index in [2.05, 4.69) is 20.2 Å². The standard InChI is InChI=1S/C20H24Cl2N4O2/c1-11(2)18(25-19(27)15-6-4-13(21)8-16(15)22)20(28)24-14-5-7-17-23-12(3)9-26(17)10-14/h4,6,8-9,11,14,18H,5,7,10H2,1-3H3,(H,24,28)(H,25,27). The monoisotopic (exact) mass is 422 g/mol. The summed E-state index contributed by atoms with van der Waals surface area (Å²) in [6, 6.07) is 4.00. The Balaban J connectivity index is 1.66. The maximum Gasteiger partial charge on any atom is 0.253 e. The summed E-state index contributed by atoms with van der Waals surface area (Å²) >= 11 is 12.0. The molecule has 1 aromatic carbocycles. The molecule has 0 saturated carbocycles. The lowest BCUT2D eigenvalue weighted by Crippen LogP contribution is -2.53. The normalized spacial score (nSPS) is 17.1. The molecule has 2 unspecified atom stereocenters. The Morgan fingerprint density at radius 1 is 1.29 bits per heavy atom. The van der Waals surface area contributed by atoms with E-state index >= 15 is 0 Å². The van der Waals surface area contributed by atoms with E-state index in [0.717, 1.165) is 24.4 Å². The Bertz CT molecular complexity index is 894. The molecule has 1 aliphatic heterocycles. The number of nitrogens with one attached hydrogen (secondary N) is 2. The van der Waals surface area contributed by atoms with Gasteiger partial charge >= 0.3 is 0 Å². The molecule has 0 saturated heterocycles. The van der Waals surface area contributed by atoms with Crippen LogP contribution in [0.2, 0.25) is 10.0 Å². The summed E-state index contributed by atoms with van der Waals surface area (Å²) in [5.41, 5.74) is 1.27. The van der Waals surface area contributed by atoms with Crippen LogP contribution in [0, 0.1) is 12.8 Å². The Morgan fingerprint density at radius 3 is 2.71 bits per heavy atom. The minimum absolute atomic E-state index is 0.00544. The number of carbonyl (C=O) groups is 2. The molecule has 2 N–H and O–H groups in total. The molecule has 0 bridgehead atoms. The summed E-state index contributed by atoms with van der Waals surface area (Å²) in [7, 11) is 0. The van der Waals surface area contributed by atoms with Crippen LogP contribution in [0.25, 0.3) is 0 Å². The number of aromatic nitrogens is 2. The van der Waals surface area contributed by atoms with Crippen molar-refractivity contribution in [1.82, 2.24) is 20.2 Å². The van der Waals surface area contributed by atoms with Gasteiger partial charge in [-0.15, -0.1) is 0 Å². The molecule has 1 aromatic heterocycles. The quantitative estimate of drug-likeness (QED) is 0.774. The number of rotatable bonds is 5. The predicted molar refractivity (Wildman–Crippen MR) is 110 cm³/mol. The molecule has 1 aliphatic rings. The van der Waals surface area contributed by atoms with E-state index in [9.17, 15) is 9.59 Å². The summed E-state index contributed by atoms with van der Waals surface area (Å²) in [5.74, 6) is 0.379. The average Bonchev–Trinajstić information content (AvgIpc) is 2.98. The third-order valence-corrected chi connectivity index (χ3v) is 5.42. The molecule has 150 valence electrons. The molecular weight excluding hydrogens is 399 g/mol. The molecule has 0 spiro atoms. The number of halogens is 2. The number of benzene rings is 1. The molecular formula is C20H24Cl2N4O2. The van der Waals surface area contributed by atoms with E-state index in [0.29, 0.717) is 17.1 Å². The largest absolute Gasteiger partial charge is 0.350 e. The van der Waals surface area contributed by atoms with Crippen molar-refractivity contribution in [1.29, 1.82) is 0 Å².